The van der Waals surface area contributed by atoms with E-state index < -0.39 is 29.7 Å². The first-order valence-corrected chi connectivity index (χ1v) is 13.3. The van der Waals surface area contributed by atoms with Crippen LogP contribution in [0.1, 0.15) is 60.6 Å². The summed E-state index contributed by atoms with van der Waals surface area (Å²) >= 11 is 0. The Morgan fingerprint density at radius 2 is 1.93 bits per heavy atom. The number of oxime groups is 1. The van der Waals surface area contributed by atoms with Gasteiger partial charge in [-0.2, -0.15) is 4.73 Å². The summed E-state index contributed by atoms with van der Waals surface area (Å²) in [6.07, 6.45) is 2.37. The summed E-state index contributed by atoms with van der Waals surface area (Å²) < 4.78 is 36.9. The van der Waals surface area contributed by atoms with Crippen LogP contribution >= 0.6 is 0 Å². The van der Waals surface area contributed by atoms with Crippen LogP contribution in [0, 0.1) is 16.8 Å². The average molecular weight is 565 g/mol. The van der Waals surface area contributed by atoms with Gasteiger partial charge in [-0.25, -0.2) is 23.4 Å². The normalized spacial score (nSPS) is 20.6. The van der Waals surface area contributed by atoms with Gasteiger partial charge in [-0.3, -0.25) is 9.55 Å². The molecule has 1 amide bonds. The molecule has 0 unspecified atom stereocenters. The van der Waals surface area contributed by atoms with Crippen LogP contribution in [0.2, 0.25) is 0 Å². The number of aromatic amines is 1. The number of nitrogens with one attached hydrogen (secondary N) is 1. The molecule has 6 rings (SSSR count). The van der Waals surface area contributed by atoms with Crippen LogP contribution in [-0.4, -0.2) is 49.5 Å². The number of rotatable bonds is 3. The van der Waals surface area contributed by atoms with E-state index in [0.29, 0.717) is 41.8 Å². The van der Waals surface area contributed by atoms with Crippen LogP contribution in [0.15, 0.2) is 64.8 Å². The molecular formula is C28H26F2N6O5. The van der Waals surface area contributed by atoms with E-state index in [1.54, 1.807) is 16.8 Å². The van der Waals surface area contributed by atoms with Crippen LogP contribution in [0.4, 0.5) is 13.6 Å². The number of H-pyrrole nitrogens is 1. The van der Waals surface area contributed by atoms with E-state index in [2.05, 4.69) is 15.1 Å². The zero-order valence-corrected chi connectivity index (χ0v) is 21.7. The molecule has 1 saturated heterocycles. The number of hydrogen-bond donors (Lipinski definition) is 2. The number of hydrogen-bond acceptors (Lipinski definition) is 7. The van der Waals surface area contributed by atoms with Crippen LogP contribution < -0.4 is 10.4 Å². The molecule has 1 aromatic carbocycles. The minimum absolute atomic E-state index is 0.0206. The largest absolute Gasteiger partial charge is 0.618 e. The van der Waals surface area contributed by atoms with Crippen molar-refractivity contribution in [3.63, 3.8) is 0 Å². The topological polar surface area (TPSA) is 140 Å². The molecule has 4 heterocycles. The second kappa shape index (κ2) is 10.6. The second-order valence-electron chi connectivity index (χ2n) is 10.2. The number of carbonyl (C=O) groups excluding carboxylic acids is 1. The molecule has 0 saturated carbocycles. The van der Waals surface area contributed by atoms with Gasteiger partial charge >= 0.3 is 11.8 Å². The minimum atomic E-state index is -1.07. The van der Waals surface area contributed by atoms with Crippen molar-refractivity contribution in [2.24, 2.45) is 5.16 Å². The Balaban J connectivity index is 1.23. The van der Waals surface area contributed by atoms with Gasteiger partial charge in [-0.1, -0.05) is 17.3 Å². The van der Waals surface area contributed by atoms with Crippen LogP contribution in [0.3, 0.4) is 0 Å². The van der Waals surface area contributed by atoms with E-state index in [1.165, 1.54) is 35.4 Å². The molecule has 2 aliphatic rings. The fourth-order valence-electron chi connectivity index (χ4n) is 5.97. The van der Waals surface area contributed by atoms with Gasteiger partial charge in [0.05, 0.1) is 11.1 Å². The third-order valence-corrected chi connectivity index (χ3v) is 7.91. The SMILES string of the molecule is O=C(O[C@@H]1CC[C@@H](c2cccc(F)c2F)C(=NO)c2ccc[n+]([O-])c21)N1CCC(n2c(=O)[nH]c3ncccc32)CC1. The van der Waals surface area contributed by atoms with Crippen molar-refractivity contribution in [3.8, 4) is 0 Å². The maximum absolute atomic E-state index is 14.8. The minimum Gasteiger partial charge on any atom is -0.618 e. The van der Waals surface area contributed by atoms with Crippen molar-refractivity contribution in [3.05, 3.63) is 99.0 Å². The average Bonchev–Trinajstić information content (AvgIpc) is 3.22. The standard InChI is InChI=1S/C28H26F2N6O5/c29-20-6-1-4-17(23(20)30)18-8-9-22(25-19(24(18)33-39)5-3-13-35(25)40)41-28(38)34-14-10-16(11-15-34)36-21-7-2-12-31-26(21)32-27(36)37/h1-7,12-13,16,18,22,39H,8-11,14-15H2,(H,31,32,37)/t18-,22+/m0/s1. The molecule has 13 heteroatoms. The highest BCUT2D eigenvalue weighted by Crippen LogP contribution is 2.39. The van der Waals surface area contributed by atoms with E-state index in [1.807, 2.05) is 6.07 Å². The van der Waals surface area contributed by atoms with Crippen molar-refractivity contribution in [1.29, 1.82) is 0 Å². The zero-order valence-electron chi connectivity index (χ0n) is 21.7. The first-order chi connectivity index (χ1) is 19.9. The number of fused-ring (bicyclic) bond motifs is 2. The molecule has 2 atom stereocenters. The predicted molar refractivity (Wildman–Crippen MR) is 141 cm³/mol. The molecule has 3 aromatic heterocycles. The molecular weight excluding hydrogens is 538 g/mol. The molecule has 0 spiro atoms. The summed E-state index contributed by atoms with van der Waals surface area (Å²) in [4.78, 5) is 34.3. The smallest absolute Gasteiger partial charge is 0.410 e. The first-order valence-electron chi connectivity index (χ1n) is 13.3. The second-order valence-corrected chi connectivity index (χ2v) is 10.2. The fraction of sp³-hybridized carbons (Fsp3) is 0.321. The van der Waals surface area contributed by atoms with E-state index in [9.17, 15) is 28.8 Å². The number of pyridine rings is 2. The molecule has 0 radical (unpaired) electrons. The van der Waals surface area contributed by atoms with Gasteiger partial charge in [-0.15, -0.1) is 0 Å². The Hall–Kier alpha value is -4.81. The Morgan fingerprint density at radius 1 is 1.12 bits per heavy atom. The summed E-state index contributed by atoms with van der Waals surface area (Å²) in [5, 5.41) is 26.2. The monoisotopic (exact) mass is 564 g/mol. The third-order valence-electron chi connectivity index (χ3n) is 7.91. The number of likely N-dealkylation sites (tertiary alicyclic amines) is 1. The molecule has 11 nitrogen and oxygen atoms in total. The summed E-state index contributed by atoms with van der Waals surface area (Å²) in [5.41, 5.74) is 1.11. The molecule has 2 N–H and O–H groups in total. The molecule has 212 valence electrons. The van der Waals surface area contributed by atoms with Crippen LogP contribution in [0.25, 0.3) is 11.2 Å². The van der Waals surface area contributed by atoms with Crippen LogP contribution in [-0.2, 0) is 4.74 Å². The highest BCUT2D eigenvalue weighted by molar-refractivity contribution is 6.05. The van der Waals surface area contributed by atoms with Gasteiger partial charge < -0.3 is 20.1 Å². The Bertz CT molecular complexity index is 1710. The number of carbonyl (C=O) groups is 1. The molecule has 1 aliphatic carbocycles. The molecule has 41 heavy (non-hydrogen) atoms. The molecule has 1 aliphatic heterocycles. The lowest BCUT2D eigenvalue weighted by molar-refractivity contribution is -0.618. The van der Waals surface area contributed by atoms with Crippen molar-refractivity contribution in [2.45, 2.75) is 43.7 Å². The van der Waals surface area contributed by atoms with Crippen molar-refractivity contribution in [2.75, 3.05) is 13.1 Å². The van der Waals surface area contributed by atoms with Gasteiger partial charge in [0, 0.05) is 42.9 Å². The lowest BCUT2D eigenvalue weighted by Crippen LogP contribution is -2.42. The number of halogens is 2. The van der Waals surface area contributed by atoms with Gasteiger partial charge in [0.15, 0.2) is 29.6 Å². The highest BCUT2D eigenvalue weighted by Gasteiger charge is 2.39. The van der Waals surface area contributed by atoms with Crippen molar-refractivity contribution in [1.82, 2.24) is 19.4 Å². The summed E-state index contributed by atoms with van der Waals surface area (Å²) in [7, 11) is 0. The predicted octanol–water partition coefficient (Wildman–Crippen LogP) is 3.91. The van der Waals surface area contributed by atoms with Gasteiger partial charge in [0.1, 0.15) is 5.71 Å². The van der Waals surface area contributed by atoms with Gasteiger partial charge in [0.25, 0.3) is 0 Å². The third kappa shape index (κ3) is 4.66. The number of imidazole rings is 1. The van der Waals surface area contributed by atoms with E-state index in [4.69, 9.17) is 4.74 Å². The number of piperidine rings is 1. The Kier molecular flexibility index (Phi) is 6.85. The summed E-state index contributed by atoms with van der Waals surface area (Å²) in [6.45, 7) is 0.629. The summed E-state index contributed by atoms with van der Waals surface area (Å²) in [5.74, 6) is -3.01. The maximum Gasteiger partial charge on any atom is 0.410 e. The number of aromatic nitrogens is 4. The highest BCUT2D eigenvalue weighted by atomic mass is 19.2. The lowest BCUT2D eigenvalue weighted by Gasteiger charge is -2.32. The lowest BCUT2D eigenvalue weighted by atomic mass is 9.88. The molecule has 0 bridgehead atoms. The fourth-order valence-corrected chi connectivity index (χ4v) is 5.97. The van der Waals surface area contributed by atoms with E-state index in [0.717, 1.165) is 6.07 Å². The number of amides is 1. The zero-order chi connectivity index (χ0) is 28.7. The maximum atomic E-state index is 14.8. The number of nitrogens with zero attached hydrogens (tertiary/aromatic N) is 5. The van der Waals surface area contributed by atoms with Gasteiger partial charge in [-0.05, 0) is 49.9 Å². The summed E-state index contributed by atoms with van der Waals surface area (Å²) in [6, 6.07) is 10.1. The van der Waals surface area contributed by atoms with Crippen molar-refractivity contribution >= 4 is 23.0 Å². The van der Waals surface area contributed by atoms with Crippen molar-refractivity contribution < 1.29 is 28.2 Å². The molecule has 4 aromatic rings. The number of benzene rings is 1. The van der Waals surface area contributed by atoms with Gasteiger partial charge in [0.2, 0.25) is 5.69 Å². The van der Waals surface area contributed by atoms with Crippen LogP contribution in [0.5, 0.6) is 0 Å². The first kappa shape index (κ1) is 26.4. The van der Waals surface area contributed by atoms with E-state index in [-0.39, 0.29) is 47.1 Å². The Labute approximate surface area is 231 Å². The van der Waals surface area contributed by atoms with E-state index >= 15 is 0 Å². The number of ether oxygens (including phenoxy) is 1. The quantitative estimate of drug-likeness (QED) is 0.127. The molecule has 1 fully saturated rings. The Morgan fingerprint density at radius 3 is 2.71 bits per heavy atom.